The van der Waals surface area contributed by atoms with Gasteiger partial charge in [0.05, 0.1) is 13.0 Å². The van der Waals surface area contributed by atoms with Crippen molar-refractivity contribution in [1.29, 1.82) is 0 Å². The molecule has 5 heteroatoms. The van der Waals surface area contributed by atoms with Gasteiger partial charge in [0.2, 0.25) is 0 Å². The second-order valence-electron chi connectivity index (χ2n) is 5.05. The van der Waals surface area contributed by atoms with Crippen LogP contribution >= 0.6 is 23.5 Å². The zero-order chi connectivity index (χ0) is 12.8. The zero-order valence-corrected chi connectivity index (χ0v) is 12.7. The summed E-state index contributed by atoms with van der Waals surface area (Å²) in [7, 11) is 1.49. The van der Waals surface area contributed by atoms with Crippen molar-refractivity contribution < 1.29 is 9.53 Å². The van der Waals surface area contributed by atoms with Gasteiger partial charge in [-0.15, -0.1) is 0 Å². The molecule has 2 rings (SSSR count). The summed E-state index contributed by atoms with van der Waals surface area (Å²) < 4.78 is 4.81. The molecule has 0 aromatic heterocycles. The van der Waals surface area contributed by atoms with E-state index in [2.05, 4.69) is 28.8 Å². The molecule has 0 aromatic rings. The van der Waals surface area contributed by atoms with Crippen LogP contribution in [-0.2, 0) is 9.53 Å². The molecular formula is C13H23NO2S2. The molecule has 0 radical (unpaired) electrons. The van der Waals surface area contributed by atoms with Crippen molar-refractivity contribution in [2.75, 3.05) is 30.9 Å². The fourth-order valence-electron chi connectivity index (χ4n) is 2.65. The molecule has 1 atom stereocenters. The minimum atomic E-state index is -0.0207. The average Bonchev–Trinajstić information content (AvgIpc) is 2.46. The third kappa shape index (κ3) is 4.35. The summed E-state index contributed by atoms with van der Waals surface area (Å²) in [5, 5.41) is 4.46. The Morgan fingerprint density at radius 1 is 1.28 bits per heavy atom. The molecule has 1 heterocycles. The van der Waals surface area contributed by atoms with Gasteiger partial charge in [-0.1, -0.05) is 0 Å². The number of carbonyl (C=O) groups excluding carboxylic acids is 1. The first-order valence-electron chi connectivity index (χ1n) is 6.80. The molecule has 0 amide bonds. The van der Waals surface area contributed by atoms with Crippen molar-refractivity contribution in [1.82, 2.24) is 5.32 Å². The second-order valence-corrected chi connectivity index (χ2v) is 7.61. The number of nitrogens with one attached hydrogen (secondary N) is 1. The summed E-state index contributed by atoms with van der Waals surface area (Å²) in [5.74, 6) is 4.02. The molecular weight excluding hydrogens is 266 g/mol. The lowest BCUT2D eigenvalue weighted by Crippen LogP contribution is -2.39. The van der Waals surface area contributed by atoms with Gasteiger partial charge in [0.15, 0.2) is 0 Å². The number of ether oxygens (including phenoxy) is 1. The Morgan fingerprint density at radius 2 is 2.06 bits per heavy atom. The fraction of sp³-hybridized carbons (Fsp3) is 0.923. The van der Waals surface area contributed by atoms with E-state index in [0.717, 1.165) is 37.5 Å². The Bertz CT molecular complexity index is 262. The van der Waals surface area contributed by atoms with Crippen LogP contribution in [0, 0.1) is 5.92 Å². The van der Waals surface area contributed by atoms with Gasteiger partial charge in [-0.3, -0.25) is 4.79 Å². The van der Waals surface area contributed by atoms with E-state index in [1.807, 2.05) is 0 Å². The first-order valence-corrected chi connectivity index (χ1v) is 9.00. The molecule has 0 aromatic carbocycles. The van der Waals surface area contributed by atoms with Gasteiger partial charge < -0.3 is 10.1 Å². The van der Waals surface area contributed by atoms with Crippen molar-refractivity contribution >= 4 is 29.5 Å². The molecule has 1 aliphatic heterocycles. The van der Waals surface area contributed by atoms with E-state index < -0.39 is 0 Å². The van der Waals surface area contributed by atoms with Crippen molar-refractivity contribution in [3.05, 3.63) is 0 Å². The second kappa shape index (κ2) is 7.65. The standard InChI is InChI=1S/C13H23NO2S2/c1-16-13(15)10-2-4-11(5-3-10)14-8-12-9-17-6-7-18-12/h10-12,14H,2-9H2,1H3. The summed E-state index contributed by atoms with van der Waals surface area (Å²) in [6.07, 6.45) is 4.20. The highest BCUT2D eigenvalue weighted by Crippen LogP contribution is 2.27. The SMILES string of the molecule is COC(=O)C1CCC(NCC2CSCCS2)CC1. The largest absolute Gasteiger partial charge is 0.469 e. The number of carbonyl (C=O) groups is 1. The number of hydrogen-bond acceptors (Lipinski definition) is 5. The first kappa shape index (κ1) is 14.5. The number of thioether (sulfide) groups is 2. The fourth-order valence-corrected chi connectivity index (χ4v) is 5.28. The van der Waals surface area contributed by atoms with E-state index >= 15 is 0 Å². The van der Waals surface area contributed by atoms with Crippen LogP contribution in [0.2, 0.25) is 0 Å². The molecule has 1 unspecified atom stereocenters. The Kier molecular flexibility index (Phi) is 6.18. The third-order valence-corrected chi connectivity index (χ3v) is 6.63. The van der Waals surface area contributed by atoms with Gasteiger partial charge in [0.25, 0.3) is 0 Å². The molecule has 1 saturated carbocycles. The van der Waals surface area contributed by atoms with E-state index in [1.54, 1.807) is 0 Å². The van der Waals surface area contributed by atoms with Crippen LogP contribution in [0.15, 0.2) is 0 Å². The maximum Gasteiger partial charge on any atom is 0.308 e. The van der Waals surface area contributed by atoms with Gasteiger partial charge in [-0.05, 0) is 25.7 Å². The lowest BCUT2D eigenvalue weighted by atomic mass is 9.86. The van der Waals surface area contributed by atoms with Crippen LogP contribution in [0.25, 0.3) is 0 Å². The maximum atomic E-state index is 11.4. The lowest BCUT2D eigenvalue weighted by molar-refractivity contribution is -0.146. The van der Waals surface area contributed by atoms with Crippen LogP contribution in [0.4, 0.5) is 0 Å². The van der Waals surface area contributed by atoms with Crippen molar-refractivity contribution in [2.45, 2.75) is 37.0 Å². The van der Waals surface area contributed by atoms with Crippen LogP contribution in [0.1, 0.15) is 25.7 Å². The summed E-state index contributed by atoms with van der Waals surface area (Å²) in [5.41, 5.74) is 0. The molecule has 0 spiro atoms. The molecule has 2 aliphatic rings. The minimum absolute atomic E-state index is 0.0207. The van der Waals surface area contributed by atoms with Crippen LogP contribution in [0.5, 0.6) is 0 Å². The Hall–Kier alpha value is 0.130. The molecule has 0 bridgehead atoms. The van der Waals surface area contributed by atoms with Gasteiger partial charge in [-0.2, -0.15) is 23.5 Å². The molecule has 1 aliphatic carbocycles. The van der Waals surface area contributed by atoms with Crippen molar-refractivity contribution in [2.24, 2.45) is 5.92 Å². The molecule has 18 heavy (non-hydrogen) atoms. The molecule has 1 saturated heterocycles. The molecule has 104 valence electrons. The Morgan fingerprint density at radius 3 is 2.67 bits per heavy atom. The van der Waals surface area contributed by atoms with Gasteiger partial charge >= 0.3 is 5.97 Å². The highest BCUT2D eigenvalue weighted by Gasteiger charge is 2.27. The molecule has 2 fully saturated rings. The number of esters is 1. The number of methoxy groups -OCH3 is 1. The number of rotatable bonds is 4. The van der Waals surface area contributed by atoms with Gasteiger partial charge in [0.1, 0.15) is 0 Å². The van der Waals surface area contributed by atoms with E-state index in [9.17, 15) is 4.79 Å². The summed E-state index contributed by atoms with van der Waals surface area (Å²) in [6, 6.07) is 0.610. The van der Waals surface area contributed by atoms with Gasteiger partial charge in [-0.25, -0.2) is 0 Å². The summed E-state index contributed by atoms with van der Waals surface area (Å²) in [6.45, 7) is 1.13. The third-order valence-electron chi connectivity index (χ3n) is 3.78. The lowest BCUT2D eigenvalue weighted by Gasteiger charge is -2.30. The number of hydrogen-bond donors (Lipinski definition) is 1. The summed E-state index contributed by atoms with van der Waals surface area (Å²) in [4.78, 5) is 11.4. The maximum absolute atomic E-state index is 11.4. The van der Waals surface area contributed by atoms with Crippen LogP contribution < -0.4 is 5.32 Å². The highest BCUT2D eigenvalue weighted by atomic mass is 32.2. The van der Waals surface area contributed by atoms with Gasteiger partial charge in [0, 0.05) is 35.1 Å². The predicted octanol–water partition coefficient (Wildman–Crippen LogP) is 2.16. The highest BCUT2D eigenvalue weighted by molar-refractivity contribution is 8.06. The smallest absolute Gasteiger partial charge is 0.308 e. The normalized spacial score (nSPS) is 33.1. The Labute approximate surface area is 118 Å². The summed E-state index contributed by atoms with van der Waals surface area (Å²) >= 11 is 4.18. The van der Waals surface area contributed by atoms with E-state index in [-0.39, 0.29) is 11.9 Å². The average molecular weight is 289 g/mol. The zero-order valence-electron chi connectivity index (χ0n) is 11.0. The quantitative estimate of drug-likeness (QED) is 0.803. The van der Waals surface area contributed by atoms with E-state index in [1.165, 1.54) is 24.4 Å². The van der Waals surface area contributed by atoms with Crippen LogP contribution in [-0.4, -0.2) is 48.2 Å². The predicted molar refractivity (Wildman–Crippen MR) is 79.3 cm³/mol. The first-order chi connectivity index (χ1) is 8.79. The van der Waals surface area contributed by atoms with Crippen LogP contribution in [0.3, 0.4) is 0 Å². The molecule has 3 nitrogen and oxygen atoms in total. The topological polar surface area (TPSA) is 38.3 Å². The monoisotopic (exact) mass is 289 g/mol. The van der Waals surface area contributed by atoms with E-state index in [4.69, 9.17) is 4.74 Å². The minimum Gasteiger partial charge on any atom is -0.469 e. The van der Waals surface area contributed by atoms with E-state index in [0.29, 0.717) is 6.04 Å². The van der Waals surface area contributed by atoms with Crippen molar-refractivity contribution in [3.8, 4) is 0 Å². The Balaban J connectivity index is 1.62. The van der Waals surface area contributed by atoms with Crippen molar-refractivity contribution in [3.63, 3.8) is 0 Å². The molecule has 1 N–H and O–H groups in total.